The van der Waals surface area contributed by atoms with Crippen molar-refractivity contribution in [2.75, 3.05) is 13.1 Å². The van der Waals surface area contributed by atoms with Gasteiger partial charge in [-0.1, -0.05) is 31.0 Å². The summed E-state index contributed by atoms with van der Waals surface area (Å²) < 4.78 is 34.3. The van der Waals surface area contributed by atoms with Gasteiger partial charge in [-0.25, -0.2) is 18.2 Å². The van der Waals surface area contributed by atoms with E-state index in [9.17, 15) is 13.2 Å². The predicted molar refractivity (Wildman–Crippen MR) is 118 cm³/mol. The van der Waals surface area contributed by atoms with Gasteiger partial charge in [-0.15, -0.1) is 0 Å². The van der Waals surface area contributed by atoms with Crippen LogP contribution in [0.3, 0.4) is 0 Å². The Balaban J connectivity index is 1.34. The first-order chi connectivity index (χ1) is 15.0. The average molecular weight is 440 g/mol. The van der Waals surface area contributed by atoms with Gasteiger partial charge >= 0.3 is 5.97 Å². The van der Waals surface area contributed by atoms with Gasteiger partial charge in [0.25, 0.3) is 0 Å². The molecule has 2 aromatic heterocycles. The van der Waals surface area contributed by atoms with E-state index in [1.165, 1.54) is 6.08 Å². The van der Waals surface area contributed by atoms with Crippen molar-refractivity contribution in [2.24, 2.45) is 0 Å². The van der Waals surface area contributed by atoms with Gasteiger partial charge in [-0.3, -0.25) is 0 Å². The Morgan fingerprint density at radius 3 is 2.48 bits per heavy atom. The van der Waals surface area contributed by atoms with E-state index in [4.69, 9.17) is 4.74 Å². The number of fused-ring (bicyclic) bond motifs is 1. The molecular formula is C23H25N3O4S. The summed E-state index contributed by atoms with van der Waals surface area (Å²) in [6.07, 6.45) is 10.6. The summed E-state index contributed by atoms with van der Waals surface area (Å²) in [5.74, 6) is -0.488. The molecule has 1 aliphatic rings. The summed E-state index contributed by atoms with van der Waals surface area (Å²) in [7, 11) is -3.48. The van der Waals surface area contributed by atoms with E-state index < -0.39 is 16.0 Å². The highest BCUT2D eigenvalue weighted by Crippen LogP contribution is 2.21. The maximum Gasteiger partial charge on any atom is 0.331 e. The van der Waals surface area contributed by atoms with Crippen molar-refractivity contribution in [3.63, 3.8) is 0 Å². The van der Waals surface area contributed by atoms with Crippen molar-refractivity contribution in [3.8, 4) is 0 Å². The number of rotatable bonds is 6. The Morgan fingerprint density at radius 1 is 1.03 bits per heavy atom. The number of esters is 1. The standard InChI is InChI=1S/C23H25N3O4S/c27-23(30-18-20-17-25-14-6-3-7-22(25)24-20)13-10-19-8-11-21(12-9-19)31(28,29)26-15-4-1-2-5-16-26/h3,6-14,17H,1-2,4-5,15-16,18H2/b13-10+. The summed E-state index contributed by atoms with van der Waals surface area (Å²) in [5, 5.41) is 0. The molecule has 0 saturated carbocycles. The molecule has 1 saturated heterocycles. The predicted octanol–water partition coefficient (Wildman–Crippen LogP) is 3.66. The third kappa shape index (κ3) is 5.21. The molecular weight excluding hydrogens is 414 g/mol. The Labute approximate surface area is 182 Å². The maximum absolute atomic E-state index is 12.8. The SMILES string of the molecule is O=C(/C=C/c1ccc(S(=O)(=O)N2CCCCCC2)cc1)OCc1cn2ccccc2n1. The molecule has 31 heavy (non-hydrogen) atoms. The number of pyridine rings is 1. The fraction of sp³-hybridized carbons (Fsp3) is 0.304. The summed E-state index contributed by atoms with van der Waals surface area (Å²) in [6, 6.07) is 12.2. The van der Waals surface area contributed by atoms with Crippen LogP contribution in [-0.2, 0) is 26.2 Å². The number of ether oxygens (including phenoxy) is 1. The minimum Gasteiger partial charge on any atom is -0.456 e. The second kappa shape index (κ2) is 9.45. The first kappa shape index (κ1) is 21.3. The fourth-order valence-electron chi connectivity index (χ4n) is 3.60. The van der Waals surface area contributed by atoms with Gasteiger partial charge < -0.3 is 9.14 Å². The molecule has 0 N–H and O–H groups in total. The first-order valence-corrected chi connectivity index (χ1v) is 11.8. The molecule has 1 aliphatic heterocycles. The van der Waals surface area contributed by atoms with E-state index in [1.54, 1.807) is 34.6 Å². The van der Waals surface area contributed by atoms with E-state index in [1.807, 2.05) is 35.0 Å². The Bertz CT molecular complexity index is 1140. The smallest absolute Gasteiger partial charge is 0.331 e. The molecule has 3 aromatic rings. The molecule has 8 heteroatoms. The maximum atomic E-state index is 12.8. The van der Waals surface area contributed by atoms with E-state index in [0.717, 1.165) is 36.9 Å². The lowest BCUT2D eigenvalue weighted by atomic mass is 10.2. The Kier molecular flexibility index (Phi) is 6.48. The van der Waals surface area contributed by atoms with Crippen LogP contribution in [0.1, 0.15) is 36.9 Å². The van der Waals surface area contributed by atoms with Crippen LogP contribution in [-0.4, -0.2) is 41.2 Å². The van der Waals surface area contributed by atoms with Crippen molar-refractivity contribution >= 4 is 27.7 Å². The molecule has 0 amide bonds. The highest BCUT2D eigenvalue weighted by Gasteiger charge is 2.24. The third-order valence-corrected chi connectivity index (χ3v) is 7.18. The Morgan fingerprint density at radius 2 is 1.77 bits per heavy atom. The van der Waals surface area contributed by atoms with Crippen LogP contribution < -0.4 is 0 Å². The van der Waals surface area contributed by atoms with Crippen LogP contribution in [0.4, 0.5) is 0 Å². The lowest BCUT2D eigenvalue weighted by Crippen LogP contribution is -2.31. The third-order valence-electron chi connectivity index (χ3n) is 5.27. The van der Waals surface area contributed by atoms with E-state index >= 15 is 0 Å². The Hall–Kier alpha value is -2.97. The molecule has 0 unspecified atom stereocenters. The fourth-order valence-corrected chi connectivity index (χ4v) is 5.11. The minimum absolute atomic E-state index is 0.0812. The zero-order valence-electron chi connectivity index (χ0n) is 17.2. The van der Waals surface area contributed by atoms with Crippen LogP contribution in [0.15, 0.2) is 65.8 Å². The number of nitrogens with zero attached hydrogens (tertiary/aromatic N) is 3. The molecule has 0 radical (unpaired) electrons. The second-order valence-electron chi connectivity index (χ2n) is 7.53. The van der Waals surface area contributed by atoms with Crippen molar-refractivity contribution < 1.29 is 17.9 Å². The van der Waals surface area contributed by atoms with Crippen LogP contribution >= 0.6 is 0 Å². The lowest BCUT2D eigenvalue weighted by Gasteiger charge is -2.19. The number of carbonyl (C=O) groups is 1. The topological polar surface area (TPSA) is 81.0 Å². The zero-order valence-corrected chi connectivity index (χ0v) is 18.0. The number of sulfonamides is 1. The van der Waals surface area contributed by atoms with Gasteiger partial charge in [-0.05, 0) is 48.7 Å². The quantitative estimate of drug-likeness (QED) is 0.433. The van der Waals surface area contributed by atoms with Gasteiger partial charge in [0, 0.05) is 31.6 Å². The van der Waals surface area contributed by atoms with Gasteiger partial charge in [0.2, 0.25) is 10.0 Å². The monoisotopic (exact) mass is 439 g/mol. The number of imidazole rings is 1. The van der Waals surface area contributed by atoms with Crippen molar-refractivity contribution in [1.29, 1.82) is 0 Å². The van der Waals surface area contributed by atoms with Gasteiger partial charge in [0.1, 0.15) is 12.3 Å². The highest BCUT2D eigenvalue weighted by molar-refractivity contribution is 7.89. The summed E-state index contributed by atoms with van der Waals surface area (Å²) in [6.45, 7) is 1.22. The van der Waals surface area contributed by atoms with E-state index in [-0.39, 0.29) is 11.5 Å². The van der Waals surface area contributed by atoms with Crippen molar-refractivity contribution in [1.82, 2.24) is 13.7 Å². The summed E-state index contributed by atoms with van der Waals surface area (Å²) >= 11 is 0. The largest absolute Gasteiger partial charge is 0.456 e. The number of carbonyl (C=O) groups excluding carboxylic acids is 1. The number of hydrogen-bond acceptors (Lipinski definition) is 5. The average Bonchev–Trinajstić information content (AvgIpc) is 2.99. The number of aromatic nitrogens is 2. The normalized spacial score (nSPS) is 15.9. The van der Waals surface area contributed by atoms with Gasteiger partial charge in [-0.2, -0.15) is 4.31 Å². The van der Waals surface area contributed by atoms with Crippen molar-refractivity contribution in [2.45, 2.75) is 37.2 Å². The molecule has 7 nitrogen and oxygen atoms in total. The molecule has 4 rings (SSSR count). The number of hydrogen-bond donors (Lipinski definition) is 0. The van der Waals surface area contributed by atoms with Crippen LogP contribution in [0, 0.1) is 0 Å². The van der Waals surface area contributed by atoms with Crippen LogP contribution in [0.25, 0.3) is 11.7 Å². The van der Waals surface area contributed by atoms with E-state index in [2.05, 4.69) is 4.98 Å². The van der Waals surface area contributed by atoms with Gasteiger partial charge in [0.15, 0.2) is 0 Å². The van der Waals surface area contributed by atoms with Crippen molar-refractivity contribution in [3.05, 3.63) is 72.2 Å². The summed E-state index contributed by atoms with van der Waals surface area (Å²) in [4.78, 5) is 16.7. The molecule has 3 heterocycles. The molecule has 0 bridgehead atoms. The molecule has 1 aromatic carbocycles. The van der Waals surface area contributed by atoms with Gasteiger partial charge in [0.05, 0.1) is 10.6 Å². The summed E-state index contributed by atoms with van der Waals surface area (Å²) in [5.41, 5.74) is 2.18. The molecule has 0 aliphatic carbocycles. The second-order valence-corrected chi connectivity index (χ2v) is 9.46. The van der Waals surface area contributed by atoms with E-state index in [0.29, 0.717) is 18.8 Å². The zero-order chi connectivity index (χ0) is 21.7. The van der Waals surface area contributed by atoms with Crippen LogP contribution in [0.5, 0.6) is 0 Å². The van der Waals surface area contributed by atoms with Crippen LogP contribution in [0.2, 0.25) is 0 Å². The minimum atomic E-state index is -3.48. The number of benzene rings is 1. The first-order valence-electron chi connectivity index (χ1n) is 10.4. The lowest BCUT2D eigenvalue weighted by molar-refractivity contribution is -0.139. The molecule has 0 atom stereocenters. The molecule has 1 fully saturated rings. The molecule has 162 valence electrons. The highest BCUT2D eigenvalue weighted by atomic mass is 32.2. The molecule has 0 spiro atoms.